The Kier molecular flexibility index (Phi) is 3.28. The summed E-state index contributed by atoms with van der Waals surface area (Å²) in [6.45, 7) is 6.60. The molecule has 3 nitrogen and oxygen atoms in total. The summed E-state index contributed by atoms with van der Waals surface area (Å²) in [5, 5.41) is 0. The number of nitrogens with zero attached hydrogens (tertiary/aromatic N) is 1. The van der Waals surface area contributed by atoms with Crippen molar-refractivity contribution in [2.75, 3.05) is 0 Å². The topological polar surface area (TPSA) is 45.8 Å². The standard InChI is InChI=1S/C16H20N2OS/c1-16(2,3)13-9-8-12(20-13)14-17-11-7-5-4-6-10(11)15(19)18-14/h8-9H,4-7H2,1-3H3,(H,17,18,19). The van der Waals surface area contributed by atoms with Crippen LogP contribution in [0.2, 0.25) is 0 Å². The van der Waals surface area contributed by atoms with Gasteiger partial charge < -0.3 is 4.98 Å². The summed E-state index contributed by atoms with van der Waals surface area (Å²) in [6.07, 6.45) is 4.05. The number of aromatic nitrogens is 2. The van der Waals surface area contributed by atoms with Gasteiger partial charge in [0.15, 0.2) is 5.82 Å². The van der Waals surface area contributed by atoms with Crippen LogP contribution in [0.5, 0.6) is 0 Å². The Hall–Kier alpha value is -1.42. The average molecular weight is 288 g/mol. The molecule has 1 aliphatic carbocycles. The molecule has 0 saturated carbocycles. The van der Waals surface area contributed by atoms with Crippen molar-refractivity contribution >= 4 is 11.3 Å². The Balaban J connectivity index is 2.05. The van der Waals surface area contributed by atoms with Crippen molar-refractivity contribution in [3.05, 3.63) is 38.6 Å². The highest BCUT2D eigenvalue weighted by molar-refractivity contribution is 7.15. The zero-order valence-corrected chi connectivity index (χ0v) is 13.1. The molecule has 0 bridgehead atoms. The third-order valence-electron chi connectivity index (χ3n) is 3.77. The molecular weight excluding hydrogens is 268 g/mol. The van der Waals surface area contributed by atoms with E-state index in [1.165, 1.54) is 4.88 Å². The van der Waals surface area contributed by atoms with E-state index in [2.05, 4.69) is 37.9 Å². The van der Waals surface area contributed by atoms with Crippen LogP contribution in [0.15, 0.2) is 16.9 Å². The number of thiophene rings is 1. The van der Waals surface area contributed by atoms with E-state index in [-0.39, 0.29) is 11.0 Å². The molecule has 0 fully saturated rings. The lowest BCUT2D eigenvalue weighted by molar-refractivity contribution is 0.604. The van der Waals surface area contributed by atoms with Crippen molar-refractivity contribution in [1.29, 1.82) is 0 Å². The number of H-pyrrole nitrogens is 1. The van der Waals surface area contributed by atoms with Gasteiger partial charge >= 0.3 is 0 Å². The second-order valence-electron chi connectivity index (χ2n) is 6.46. The highest BCUT2D eigenvalue weighted by Crippen LogP contribution is 2.33. The minimum atomic E-state index is 0.0513. The van der Waals surface area contributed by atoms with E-state index in [1.54, 1.807) is 11.3 Å². The summed E-state index contributed by atoms with van der Waals surface area (Å²) in [6, 6.07) is 4.21. The van der Waals surface area contributed by atoms with Crippen LogP contribution in [-0.2, 0) is 18.3 Å². The SMILES string of the molecule is CC(C)(C)c1ccc(-c2nc3c(c(=O)[nH]2)CCCC3)s1. The van der Waals surface area contributed by atoms with Crippen LogP contribution in [-0.4, -0.2) is 9.97 Å². The molecule has 2 aromatic rings. The fourth-order valence-corrected chi connectivity index (χ4v) is 3.60. The Labute approximate surface area is 123 Å². The molecular formula is C16H20N2OS. The number of fused-ring (bicyclic) bond motifs is 1. The summed E-state index contributed by atoms with van der Waals surface area (Å²) in [4.78, 5) is 22.2. The van der Waals surface area contributed by atoms with Crippen molar-refractivity contribution in [1.82, 2.24) is 9.97 Å². The molecule has 2 heterocycles. The number of rotatable bonds is 1. The number of hydrogen-bond donors (Lipinski definition) is 1. The molecule has 0 unspecified atom stereocenters. The Morgan fingerprint density at radius 1 is 1.20 bits per heavy atom. The first-order valence-corrected chi connectivity index (χ1v) is 7.99. The third-order valence-corrected chi connectivity index (χ3v) is 5.29. The van der Waals surface area contributed by atoms with Crippen molar-refractivity contribution in [2.24, 2.45) is 0 Å². The van der Waals surface area contributed by atoms with E-state index in [4.69, 9.17) is 4.98 Å². The van der Waals surface area contributed by atoms with Gasteiger partial charge in [-0.25, -0.2) is 4.98 Å². The first-order chi connectivity index (χ1) is 9.45. The van der Waals surface area contributed by atoms with Crippen molar-refractivity contribution in [3.63, 3.8) is 0 Å². The second kappa shape index (κ2) is 4.85. The highest BCUT2D eigenvalue weighted by atomic mass is 32.1. The summed E-state index contributed by atoms with van der Waals surface area (Å²) < 4.78 is 0. The van der Waals surface area contributed by atoms with Gasteiger partial charge in [0, 0.05) is 10.4 Å². The first-order valence-electron chi connectivity index (χ1n) is 7.18. The van der Waals surface area contributed by atoms with E-state index < -0.39 is 0 Å². The van der Waals surface area contributed by atoms with E-state index >= 15 is 0 Å². The minimum absolute atomic E-state index is 0.0513. The molecule has 1 aliphatic rings. The van der Waals surface area contributed by atoms with E-state index in [0.29, 0.717) is 0 Å². The molecule has 2 aromatic heterocycles. The molecule has 0 aromatic carbocycles. The predicted octanol–water partition coefficient (Wildman–Crippen LogP) is 3.67. The molecule has 20 heavy (non-hydrogen) atoms. The molecule has 1 N–H and O–H groups in total. The quantitative estimate of drug-likeness (QED) is 0.870. The van der Waals surface area contributed by atoms with Crippen molar-refractivity contribution < 1.29 is 0 Å². The van der Waals surface area contributed by atoms with E-state index in [0.717, 1.165) is 47.6 Å². The maximum atomic E-state index is 12.2. The zero-order chi connectivity index (χ0) is 14.3. The second-order valence-corrected chi connectivity index (χ2v) is 7.54. The maximum absolute atomic E-state index is 12.2. The third kappa shape index (κ3) is 2.44. The number of aryl methyl sites for hydroxylation is 1. The zero-order valence-electron chi connectivity index (χ0n) is 12.2. The van der Waals surface area contributed by atoms with Gasteiger partial charge in [0.1, 0.15) is 0 Å². The molecule has 0 atom stereocenters. The van der Waals surface area contributed by atoms with Crippen molar-refractivity contribution in [2.45, 2.75) is 51.9 Å². The van der Waals surface area contributed by atoms with Gasteiger partial charge in [0.2, 0.25) is 0 Å². The Morgan fingerprint density at radius 3 is 2.65 bits per heavy atom. The Morgan fingerprint density at radius 2 is 1.95 bits per heavy atom. The first kappa shape index (κ1) is 13.6. The van der Waals surface area contributed by atoms with Crippen LogP contribution in [0.4, 0.5) is 0 Å². The minimum Gasteiger partial charge on any atom is -0.306 e. The summed E-state index contributed by atoms with van der Waals surface area (Å²) >= 11 is 1.72. The van der Waals surface area contributed by atoms with Gasteiger partial charge in [0.25, 0.3) is 5.56 Å². The summed E-state index contributed by atoms with van der Waals surface area (Å²) in [7, 11) is 0. The monoisotopic (exact) mass is 288 g/mol. The number of nitrogens with one attached hydrogen (secondary N) is 1. The van der Waals surface area contributed by atoms with Gasteiger partial charge in [-0.1, -0.05) is 20.8 Å². The van der Waals surface area contributed by atoms with Gasteiger partial charge in [0.05, 0.1) is 10.6 Å². The molecule has 0 saturated heterocycles. The smallest absolute Gasteiger partial charge is 0.254 e. The lowest BCUT2D eigenvalue weighted by atomic mass is 9.95. The van der Waals surface area contributed by atoms with Gasteiger partial charge in [-0.2, -0.15) is 0 Å². The fourth-order valence-electron chi connectivity index (χ4n) is 2.59. The summed E-state index contributed by atoms with van der Waals surface area (Å²) in [5.74, 6) is 0.733. The van der Waals surface area contributed by atoms with Crippen LogP contribution in [0.25, 0.3) is 10.7 Å². The molecule has 106 valence electrons. The van der Waals surface area contributed by atoms with Crippen LogP contribution in [0.3, 0.4) is 0 Å². The molecule has 0 spiro atoms. The highest BCUT2D eigenvalue weighted by Gasteiger charge is 2.19. The lowest BCUT2D eigenvalue weighted by Crippen LogP contribution is -2.21. The molecule has 0 aliphatic heterocycles. The van der Waals surface area contributed by atoms with E-state index in [1.807, 2.05) is 0 Å². The van der Waals surface area contributed by atoms with Crippen LogP contribution >= 0.6 is 11.3 Å². The Bertz CT molecular complexity index is 691. The predicted molar refractivity (Wildman–Crippen MR) is 83.5 cm³/mol. The van der Waals surface area contributed by atoms with Crippen LogP contribution in [0.1, 0.15) is 49.7 Å². The number of aromatic amines is 1. The van der Waals surface area contributed by atoms with Crippen molar-refractivity contribution in [3.8, 4) is 10.7 Å². The van der Waals surface area contributed by atoms with Gasteiger partial charge in [-0.15, -0.1) is 11.3 Å². The van der Waals surface area contributed by atoms with Gasteiger partial charge in [-0.05, 0) is 43.2 Å². The molecule has 3 rings (SSSR count). The lowest BCUT2D eigenvalue weighted by Gasteiger charge is -2.15. The average Bonchev–Trinajstić information content (AvgIpc) is 2.88. The molecule has 0 radical (unpaired) electrons. The molecule has 4 heteroatoms. The molecule has 0 amide bonds. The van der Waals surface area contributed by atoms with Gasteiger partial charge in [-0.3, -0.25) is 4.79 Å². The largest absolute Gasteiger partial charge is 0.306 e. The van der Waals surface area contributed by atoms with E-state index in [9.17, 15) is 4.79 Å². The number of hydrogen-bond acceptors (Lipinski definition) is 3. The van der Waals surface area contributed by atoms with Crippen LogP contribution < -0.4 is 5.56 Å². The normalized spacial score (nSPS) is 15.2. The fraction of sp³-hybridized carbons (Fsp3) is 0.500. The maximum Gasteiger partial charge on any atom is 0.254 e. The van der Waals surface area contributed by atoms with Crippen LogP contribution in [0, 0.1) is 0 Å². The summed E-state index contributed by atoms with van der Waals surface area (Å²) in [5.41, 5.74) is 2.08.